The number of fused-ring (bicyclic) bond motifs is 1. The van der Waals surface area contributed by atoms with Crippen molar-refractivity contribution in [1.29, 1.82) is 0 Å². The lowest BCUT2D eigenvalue weighted by molar-refractivity contribution is -0.145. The summed E-state index contributed by atoms with van der Waals surface area (Å²) in [6.45, 7) is 0.174. The first kappa shape index (κ1) is 31.0. The number of para-hydroxylation sites is 1. The van der Waals surface area contributed by atoms with Crippen molar-refractivity contribution >= 4 is 40.6 Å². The van der Waals surface area contributed by atoms with Crippen molar-refractivity contribution in [3.8, 4) is 5.75 Å². The molecule has 13 heteroatoms. The summed E-state index contributed by atoms with van der Waals surface area (Å²) in [6, 6.07) is 8.84. The van der Waals surface area contributed by atoms with E-state index < -0.39 is 60.2 Å². The number of carbonyl (C=O) groups is 5. The van der Waals surface area contributed by atoms with E-state index in [1.54, 1.807) is 18.3 Å². The van der Waals surface area contributed by atoms with E-state index in [1.165, 1.54) is 17.0 Å². The molecule has 1 aliphatic heterocycles. The number of H-pyrrole nitrogens is 1. The number of aromatic nitrogens is 1. The van der Waals surface area contributed by atoms with Crippen molar-refractivity contribution in [2.75, 3.05) is 6.54 Å². The van der Waals surface area contributed by atoms with Gasteiger partial charge in [0.05, 0.1) is 6.04 Å². The highest BCUT2D eigenvalue weighted by Crippen LogP contribution is 2.22. The smallest absolute Gasteiger partial charge is 0.326 e. The number of phenolic OH excluding ortho intramolecular Hbond substituents is 1. The van der Waals surface area contributed by atoms with E-state index in [0.717, 1.165) is 16.5 Å². The minimum absolute atomic E-state index is 0.0169. The number of phenols is 1. The molecule has 13 nitrogen and oxygen atoms in total. The number of nitrogens with one attached hydrogen (secondary N) is 3. The molecule has 0 spiro atoms. The Morgan fingerprint density at radius 2 is 1.70 bits per heavy atom. The molecule has 1 aromatic heterocycles. The SMILES string of the molecule is NC(Cc1c[nH]c2ccccc12)C(=O)NC(CCC(=O)O)C(=O)N1CCCC1C(=O)NC(Cc1ccc(O)cc1)C(=O)O. The summed E-state index contributed by atoms with van der Waals surface area (Å²) in [5.41, 5.74) is 8.45. The second-order valence-corrected chi connectivity index (χ2v) is 10.6. The number of carboxylic acids is 2. The predicted octanol–water partition coefficient (Wildman–Crippen LogP) is 0.896. The topological polar surface area (TPSA) is 215 Å². The molecule has 3 aromatic rings. The number of nitrogens with zero attached hydrogens (tertiary/aromatic N) is 1. The van der Waals surface area contributed by atoms with Gasteiger partial charge in [0.1, 0.15) is 23.9 Å². The molecule has 0 radical (unpaired) electrons. The number of aliphatic carboxylic acids is 2. The lowest BCUT2D eigenvalue weighted by Gasteiger charge is -2.30. The van der Waals surface area contributed by atoms with Crippen molar-refractivity contribution < 1.29 is 39.3 Å². The molecular weight excluding hydrogens is 558 g/mol. The molecule has 1 aliphatic rings. The number of carboxylic acid groups (broad SMARTS) is 2. The number of hydrogen-bond acceptors (Lipinski definition) is 7. The van der Waals surface area contributed by atoms with Gasteiger partial charge >= 0.3 is 11.9 Å². The summed E-state index contributed by atoms with van der Waals surface area (Å²) in [4.78, 5) is 67.5. The Morgan fingerprint density at radius 3 is 2.40 bits per heavy atom. The van der Waals surface area contributed by atoms with Gasteiger partial charge < -0.3 is 41.6 Å². The number of aromatic hydroxyl groups is 1. The summed E-state index contributed by atoms with van der Waals surface area (Å²) in [5.74, 6) is -4.37. The van der Waals surface area contributed by atoms with Crippen molar-refractivity contribution in [2.24, 2.45) is 5.73 Å². The van der Waals surface area contributed by atoms with E-state index in [9.17, 15) is 39.3 Å². The van der Waals surface area contributed by atoms with E-state index in [4.69, 9.17) is 5.73 Å². The maximum atomic E-state index is 13.6. The molecule has 8 N–H and O–H groups in total. The quantitative estimate of drug-likeness (QED) is 0.150. The van der Waals surface area contributed by atoms with Gasteiger partial charge in [-0.3, -0.25) is 19.2 Å². The van der Waals surface area contributed by atoms with Gasteiger partial charge in [0.15, 0.2) is 0 Å². The van der Waals surface area contributed by atoms with Crippen LogP contribution in [0, 0.1) is 0 Å². The van der Waals surface area contributed by atoms with Crippen LogP contribution in [0.1, 0.15) is 36.8 Å². The van der Waals surface area contributed by atoms with Crippen LogP contribution in [0.25, 0.3) is 10.9 Å². The van der Waals surface area contributed by atoms with Crippen LogP contribution in [-0.4, -0.2) is 85.6 Å². The molecule has 4 unspecified atom stereocenters. The van der Waals surface area contributed by atoms with Gasteiger partial charge in [0.2, 0.25) is 17.7 Å². The fourth-order valence-electron chi connectivity index (χ4n) is 5.27. The van der Waals surface area contributed by atoms with Crippen LogP contribution >= 0.6 is 0 Å². The third-order valence-corrected chi connectivity index (χ3v) is 7.54. The maximum absolute atomic E-state index is 13.6. The fraction of sp³-hybridized carbons (Fsp3) is 0.367. The minimum Gasteiger partial charge on any atom is -0.508 e. The Labute approximate surface area is 247 Å². The zero-order valence-electron chi connectivity index (χ0n) is 23.4. The molecule has 1 saturated heterocycles. The highest BCUT2D eigenvalue weighted by atomic mass is 16.4. The molecule has 2 heterocycles. The number of hydrogen-bond donors (Lipinski definition) is 7. The first-order valence-electron chi connectivity index (χ1n) is 14.0. The Hall–Kier alpha value is -4.91. The van der Waals surface area contributed by atoms with Crippen molar-refractivity contribution in [2.45, 2.75) is 62.7 Å². The average Bonchev–Trinajstić information content (AvgIpc) is 3.63. The summed E-state index contributed by atoms with van der Waals surface area (Å²) in [6.07, 6.45) is 1.97. The van der Waals surface area contributed by atoms with Gasteiger partial charge in [-0.25, -0.2) is 4.79 Å². The molecule has 3 amide bonds. The van der Waals surface area contributed by atoms with Gasteiger partial charge in [-0.15, -0.1) is 0 Å². The van der Waals surface area contributed by atoms with Crippen LogP contribution in [0.3, 0.4) is 0 Å². The number of rotatable bonds is 13. The molecule has 1 fully saturated rings. The van der Waals surface area contributed by atoms with Gasteiger partial charge in [-0.05, 0) is 55.0 Å². The highest BCUT2D eigenvalue weighted by molar-refractivity contribution is 5.95. The van der Waals surface area contributed by atoms with Crippen LogP contribution < -0.4 is 16.4 Å². The average molecular weight is 594 g/mol. The second-order valence-electron chi connectivity index (χ2n) is 10.6. The maximum Gasteiger partial charge on any atom is 0.326 e. The third kappa shape index (κ3) is 7.89. The normalized spacial score (nSPS) is 16.8. The van der Waals surface area contributed by atoms with E-state index >= 15 is 0 Å². The molecule has 43 heavy (non-hydrogen) atoms. The number of likely N-dealkylation sites (tertiary alicyclic amines) is 1. The van der Waals surface area contributed by atoms with Crippen molar-refractivity contribution in [3.63, 3.8) is 0 Å². The predicted molar refractivity (Wildman–Crippen MR) is 155 cm³/mol. The lowest BCUT2D eigenvalue weighted by Crippen LogP contribution is -2.57. The lowest BCUT2D eigenvalue weighted by atomic mass is 10.0. The molecule has 0 aliphatic carbocycles. The number of benzene rings is 2. The highest BCUT2D eigenvalue weighted by Gasteiger charge is 2.39. The van der Waals surface area contributed by atoms with E-state index in [0.29, 0.717) is 12.0 Å². The molecular formula is C30H35N5O8. The Morgan fingerprint density at radius 1 is 0.977 bits per heavy atom. The largest absolute Gasteiger partial charge is 0.508 e. The molecule has 4 atom stereocenters. The number of aromatic amines is 1. The first-order chi connectivity index (χ1) is 20.5. The monoisotopic (exact) mass is 593 g/mol. The molecule has 2 aromatic carbocycles. The Bertz CT molecular complexity index is 1490. The minimum atomic E-state index is -1.29. The Balaban J connectivity index is 1.43. The number of nitrogens with two attached hydrogens (primary N) is 1. The number of carbonyl (C=O) groups excluding carboxylic acids is 3. The summed E-state index contributed by atoms with van der Waals surface area (Å²) < 4.78 is 0. The second kappa shape index (κ2) is 13.8. The van der Waals surface area contributed by atoms with Crippen molar-refractivity contribution in [1.82, 2.24) is 20.5 Å². The van der Waals surface area contributed by atoms with E-state index in [1.807, 2.05) is 24.3 Å². The van der Waals surface area contributed by atoms with E-state index in [-0.39, 0.29) is 38.0 Å². The summed E-state index contributed by atoms with van der Waals surface area (Å²) in [7, 11) is 0. The van der Waals surface area contributed by atoms with Crippen LogP contribution in [-0.2, 0) is 36.8 Å². The number of amides is 3. The van der Waals surface area contributed by atoms with Crippen LogP contribution in [0.15, 0.2) is 54.7 Å². The molecule has 228 valence electrons. The van der Waals surface area contributed by atoms with Crippen molar-refractivity contribution in [3.05, 3.63) is 65.9 Å². The fourth-order valence-corrected chi connectivity index (χ4v) is 5.27. The van der Waals surface area contributed by atoms with Gasteiger partial charge in [0.25, 0.3) is 0 Å². The third-order valence-electron chi connectivity index (χ3n) is 7.54. The van der Waals surface area contributed by atoms with Gasteiger partial charge in [-0.1, -0.05) is 30.3 Å². The van der Waals surface area contributed by atoms with Crippen LogP contribution in [0.5, 0.6) is 5.75 Å². The van der Waals surface area contributed by atoms with Crippen LogP contribution in [0.4, 0.5) is 0 Å². The zero-order chi connectivity index (χ0) is 31.1. The first-order valence-corrected chi connectivity index (χ1v) is 14.0. The summed E-state index contributed by atoms with van der Waals surface area (Å²) in [5, 5.41) is 34.4. The summed E-state index contributed by atoms with van der Waals surface area (Å²) >= 11 is 0. The Kier molecular flexibility index (Phi) is 9.99. The zero-order valence-corrected chi connectivity index (χ0v) is 23.4. The van der Waals surface area contributed by atoms with E-state index in [2.05, 4.69) is 15.6 Å². The molecule has 0 saturated carbocycles. The van der Waals surface area contributed by atoms with Crippen LogP contribution in [0.2, 0.25) is 0 Å². The van der Waals surface area contributed by atoms with Gasteiger partial charge in [0, 0.05) is 36.5 Å². The molecule has 4 rings (SSSR count). The molecule has 0 bridgehead atoms. The standard InChI is InChI=1S/C30H35N5O8/c31-21(15-18-16-32-22-5-2-1-4-20(18)22)27(39)33-23(11-12-26(37)38)29(41)35-13-3-6-25(35)28(40)34-24(30(42)43)14-17-7-9-19(36)10-8-17/h1-2,4-5,7-10,16,21,23-25,32,36H,3,6,11-15,31H2,(H,33,39)(H,34,40)(H,37,38)(H,42,43). The van der Waals surface area contributed by atoms with Gasteiger partial charge in [-0.2, -0.15) is 0 Å².